The molecule has 3 rings (SSSR count). The maximum atomic E-state index is 5.98. The second-order valence-corrected chi connectivity index (χ2v) is 4.22. The third kappa shape index (κ3) is 2.20. The highest BCUT2D eigenvalue weighted by molar-refractivity contribution is 5.93. The second-order valence-electron chi connectivity index (χ2n) is 4.22. The highest BCUT2D eigenvalue weighted by atomic mass is 16.5. The van der Waals surface area contributed by atoms with Gasteiger partial charge < -0.3 is 10.5 Å². The fourth-order valence-electron chi connectivity index (χ4n) is 2.00. The Kier molecular flexibility index (Phi) is 2.76. The van der Waals surface area contributed by atoms with Crippen LogP contribution in [-0.4, -0.2) is 9.97 Å². The number of fused-ring (bicyclic) bond motifs is 1. The van der Waals surface area contributed by atoms with Gasteiger partial charge in [-0.2, -0.15) is 0 Å². The summed E-state index contributed by atoms with van der Waals surface area (Å²) in [6.07, 6.45) is 0. The quantitative estimate of drug-likeness (QED) is 0.759. The van der Waals surface area contributed by atoms with Crippen molar-refractivity contribution in [1.29, 1.82) is 0 Å². The zero-order valence-corrected chi connectivity index (χ0v) is 10.5. The lowest BCUT2D eigenvalue weighted by molar-refractivity contribution is 0.488. The van der Waals surface area contributed by atoms with Gasteiger partial charge in [-0.3, -0.25) is 0 Å². The van der Waals surface area contributed by atoms with Crippen LogP contribution in [0.15, 0.2) is 48.5 Å². The SMILES string of the molecule is Cc1nc(N)c2c(Oc3ccccc3)cccc2n1. The predicted octanol–water partition coefficient (Wildman–Crippen LogP) is 3.31. The number of aryl methyl sites for hydroxylation is 1. The van der Waals surface area contributed by atoms with Gasteiger partial charge in [-0.05, 0) is 31.2 Å². The Morgan fingerprint density at radius 3 is 2.53 bits per heavy atom. The average molecular weight is 251 g/mol. The highest BCUT2D eigenvalue weighted by Gasteiger charge is 2.09. The third-order valence-corrected chi connectivity index (χ3v) is 2.80. The second kappa shape index (κ2) is 4.57. The maximum Gasteiger partial charge on any atom is 0.140 e. The van der Waals surface area contributed by atoms with Crippen LogP contribution in [0, 0.1) is 6.92 Å². The van der Waals surface area contributed by atoms with Crippen LogP contribution in [0.1, 0.15) is 5.82 Å². The fraction of sp³-hybridized carbons (Fsp3) is 0.0667. The molecule has 0 unspecified atom stereocenters. The zero-order chi connectivity index (χ0) is 13.2. The largest absolute Gasteiger partial charge is 0.457 e. The standard InChI is InChI=1S/C15H13N3O/c1-10-17-12-8-5-9-13(14(12)15(16)18-10)19-11-6-3-2-4-7-11/h2-9H,1H3,(H2,16,17,18). The number of nitrogen functional groups attached to an aromatic ring is 1. The Morgan fingerprint density at radius 1 is 0.947 bits per heavy atom. The molecule has 4 heteroatoms. The Hall–Kier alpha value is -2.62. The van der Waals surface area contributed by atoms with E-state index in [9.17, 15) is 0 Å². The highest BCUT2D eigenvalue weighted by Crippen LogP contribution is 2.31. The first-order valence-electron chi connectivity index (χ1n) is 6.00. The Balaban J connectivity index is 2.14. The van der Waals surface area contributed by atoms with Crippen molar-refractivity contribution in [3.8, 4) is 11.5 Å². The first kappa shape index (κ1) is 11.5. The molecule has 0 amide bonds. The molecule has 0 atom stereocenters. The summed E-state index contributed by atoms with van der Waals surface area (Å²) >= 11 is 0. The smallest absolute Gasteiger partial charge is 0.140 e. The summed E-state index contributed by atoms with van der Waals surface area (Å²) in [6, 6.07) is 15.2. The van der Waals surface area contributed by atoms with Crippen LogP contribution in [0.5, 0.6) is 11.5 Å². The number of ether oxygens (including phenoxy) is 1. The number of nitrogens with zero attached hydrogens (tertiary/aromatic N) is 2. The molecule has 3 aromatic rings. The molecule has 19 heavy (non-hydrogen) atoms. The Morgan fingerprint density at radius 2 is 1.74 bits per heavy atom. The maximum absolute atomic E-state index is 5.98. The molecule has 0 aliphatic rings. The van der Waals surface area contributed by atoms with Crippen molar-refractivity contribution in [3.63, 3.8) is 0 Å². The van der Waals surface area contributed by atoms with Gasteiger partial charge in [-0.25, -0.2) is 9.97 Å². The molecule has 0 saturated carbocycles. The molecule has 1 heterocycles. The number of nitrogens with two attached hydrogens (primary N) is 1. The zero-order valence-electron chi connectivity index (χ0n) is 10.5. The van der Waals surface area contributed by atoms with Crippen LogP contribution in [0.3, 0.4) is 0 Å². The molecular weight excluding hydrogens is 238 g/mol. The van der Waals surface area contributed by atoms with E-state index in [1.807, 2.05) is 55.5 Å². The number of benzene rings is 2. The van der Waals surface area contributed by atoms with Crippen LogP contribution >= 0.6 is 0 Å². The van der Waals surface area contributed by atoms with E-state index in [1.165, 1.54) is 0 Å². The normalized spacial score (nSPS) is 10.6. The monoisotopic (exact) mass is 251 g/mol. The molecule has 0 bridgehead atoms. The topological polar surface area (TPSA) is 61.0 Å². The lowest BCUT2D eigenvalue weighted by atomic mass is 10.2. The number of rotatable bonds is 2. The molecule has 0 aliphatic heterocycles. The summed E-state index contributed by atoms with van der Waals surface area (Å²) in [4.78, 5) is 8.56. The van der Waals surface area contributed by atoms with Crippen molar-refractivity contribution < 1.29 is 4.74 Å². The van der Waals surface area contributed by atoms with Crippen molar-refractivity contribution in [2.75, 3.05) is 5.73 Å². The number of anilines is 1. The fourth-order valence-corrected chi connectivity index (χ4v) is 2.00. The summed E-state index contributed by atoms with van der Waals surface area (Å²) in [7, 11) is 0. The van der Waals surface area contributed by atoms with Crippen molar-refractivity contribution in [3.05, 3.63) is 54.4 Å². The van der Waals surface area contributed by atoms with Crippen molar-refractivity contribution >= 4 is 16.7 Å². The summed E-state index contributed by atoms with van der Waals surface area (Å²) in [5, 5.41) is 0.747. The van der Waals surface area contributed by atoms with Gasteiger partial charge >= 0.3 is 0 Å². The lowest BCUT2D eigenvalue weighted by Gasteiger charge is -2.10. The van der Waals surface area contributed by atoms with Crippen LogP contribution in [-0.2, 0) is 0 Å². The van der Waals surface area contributed by atoms with Gasteiger partial charge in [-0.15, -0.1) is 0 Å². The van der Waals surface area contributed by atoms with E-state index in [2.05, 4.69) is 9.97 Å². The minimum absolute atomic E-state index is 0.439. The van der Waals surface area contributed by atoms with Gasteiger partial charge in [0.1, 0.15) is 23.1 Å². The summed E-state index contributed by atoms with van der Waals surface area (Å²) in [5.41, 5.74) is 6.77. The van der Waals surface area contributed by atoms with Crippen molar-refractivity contribution in [2.24, 2.45) is 0 Å². The molecule has 2 aromatic carbocycles. The summed E-state index contributed by atoms with van der Waals surface area (Å²) in [6.45, 7) is 1.82. The van der Waals surface area contributed by atoms with Crippen molar-refractivity contribution in [1.82, 2.24) is 9.97 Å². The van der Waals surface area contributed by atoms with E-state index >= 15 is 0 Å². The van der Waals surface area contributed by atoms with Crippen molar-refractivity contribution in [2.45, 2.75) is 6.92 Å². The Labute approximate surface area is 110 Å². The molecular formula is C15H13N3O. The minimum Gasteiger partial charge on any atom is -0.457 e. The van der Waals surface area contributed by atoms with E-state index in [1.54, 1.807) is 0 Å². The minimum atomic E-state index is 0.439. The van der Waals surface area contributed by atoms with Crippen LogP contribution in [0.4, 0.5) is 5.82 Å². The van der Waals surface area contributed by atoms with E-state index < -0.39 is 0 Å². The molecule has 0 radical (unpaired) electrons. The van der Waals surface area contributed by atoms with Gasteiger partial charge in [0.25, 0.3) is 0 Å². The predicted molar refractivity (Wildman–Crippen MR) is 75.2 cm³/mol. The van der Waals surface area contributed by atoms with Gasteiger partial charge in [0.15, 0.2) is 0 Å². The van der Waals surface area contributed by atoms with Gasteiger partial charge in [0, 0.05) is 0 Å². The Bertz CT molecular complexity index is 726. The van der Waals surface area contributed by atoms with Gasteiger partial charge in [0.05, 0.1) is 10.9 Å². The van der Waals surface area contributed by atoms with E-state index in [0.29, 0.717) is 17.4 Å². The molecule has 94 valence electrons. The molecule has 2 N–H and O–H groups in total. The first-order chi connectivity index (χ1) is 9.24. The van der Waals surface area contributed by atoms with Crippen LogP contribution in [0.2, 0.25) is 0 Å². The molecule has 4 nitrogen and oxygen atoms in total. The number of hydrogen-bond acceptors (Lipinski definition) is 4. The summed E-state index contributed by atoms with van der Waals surface area (Å²) < 4.78 is 5.85. The van der Waals surface area contributed by atoms with E-state index in [4.69, 9.17) is 10.5 Å². The van der Waals surface area contributed by atoms with Gasteiger partial charge in [0.2, 0.25) is 0 Å². The first-order valence-corrected chi connectivity index (χ1v) is 6.00. The molecule has 0 saturated heterocycles. The molecule has 0 spiro atoms. The number of hydrogen-bond donors (Lipinski definition) is 1. The van der Waals surface area contributed by atoms with Crippen LogP contribution < -0.4 is 10.5 Å². The molecule has 0 aliphatic carbocycles. The number of para-hydroxylation sites is 1. The number of aromatic nitrogens is 2. The average Bonchev–Trinajstić information content (AvgIpc) is 2.39. The molecule has 1 aromatic heterocycles. The molecule has 0 fully saturated rings. The van der Waals surface area contributed by atoms with Crippen LogP contribution in [0.25, 0.3) is 10.9 Å². The third-order valence-electron chi connectivity index (χ3n) is 2.80. The van der Waals surface area contributed by atoms with Gasteiger partial charge in [-0.1, -0.05) is 24.3 Å². The lowest BCUT2D eigenvalue weighted by Crippen LogP contribution is -1.98. The van der Waals surface area contributed by atoms with E-state index in [-0.39, 0.29) is 0 Å². The van der Waals surface area contributed by atoms with E-state index in [0.717, 1.165) is 16.7 Å². The summed E-state index contributed by atoms with van der Waals surface area (Å²) in [5.74, 6) is 2.52.